The van der Waals surface area contributed by atoms with Crippen LogP contribution in [0, 0.1) is 11.8 Å². The van der Waals surface area contributed by atoms with E-state index in [2.05, 4.69) is 97.7 Å². The molecular formula is C26H33N3. The smallest absolute Gasteiger partial charge is 0.0804 e. The minimum Gasteiger partial charge on any atom is -0.309 e. The SMILES string of the molecule is CC1C/C(=C/c2ccccc2)C2=NN(CCCN(C)C)C(c3ccccc3)C2C1. The van der Waals surface area contributed by atoms with Crippen molar-refractivity contribution in [1.29, 1.82) is 0 Å². The van der Waals surface area contributed by atoms with Crippen molar-refractivity contribution in [2.45, 2.75) is 32.2 Å². The van der Waals surface area contributed by atoms with Gasteiger partial charge in [0.15, 0.2) is 0 Å². The van der Waals surface area contributed by atoms with Crippen molar-refractivity contribution in [3.63, 3.8) is 0 Å². The number of fused-ring (bicyclic) bond motifs is 1. The first-order valence-electron chi connectivity index (χ1n) is 10.9. The van der Waals surface area contributed by atoms with Gasteiger partial charge in [0.05, 0.1) is 11.8 Å². The summed E-state index contributed by atoms with van der Waals surface area (Å²) >= 11 is 0. The molecule has 1 aliphatic heterocycles. The highest BCUT2D eigenvalue weighted by atomic mass is 15.5. The first-order valence-corrected chi connectivity index (χ1v) is 10.9. The molecule has 3 heteroatoms. The van der Waals surface area contributed by atoms with Crippen LogP contribution in [-0.4, -0.2) is 42.8 Å². The summed E-state index contributed by atoms with van der Waals surface area (Å²) < 4.78 is 0. The molecule has 4 rings (SSSR count). The van der Waals surface area contributed by atoms with Crippen LogP contribution in [0.3, 0.4) is 0 Å². The molecule has 1 saturated carbocycles. The van der Waals surface area contributed by atoms with Crippen LogP contribution in [0.1, 0.15) is 43.4 Å². The van der Waals surface area contributed by atoms with Crippen LogP contribution in [0.15, 0.2) is 71.3 Å². The molecule has 1 fully saturated rings. The largest absolute Gasteiger partial charge is 0.309 e. The molecule has 0 aromatic heterocycles. The van der Waals surface area contributed by atoms with Crippen LogP contribution in [-0.2, 0) is 0 Å². The molecule has 29 heavy (non-hydrogen) atoms. The summed E-state index contributed by atoms with van der Waals surface area (Å²) in [5.74, 6) is 1.16. The molecule has 2 aromatic carbocycles. The third kappa shape index (κ3) is 4.62. The summed E-state index contributed by atoms with van der Waals surface area (Å²) in [7, 11) is 4.29. The number of rotatable bonds is 6. The Hall–Kier alpha value is -2.39. The second kappa shape index (κ2) is 8.96. The summed E-state index contributed by atoms with van der Waals surface area (Å²) in [6.07, 6.45) is 5.84. The van der Waals surface area contributed by atoms with Gasteiger partial charge >= 0.3 is 0 Å². The van der Waals surface area contributed by atoms with Gasteiger partial charge in [0.25, 0.3) is 0 Å². The maximum atomic E-state index is 5.24. The fourth-order valence-electron chi connectivity index (χ4n) is 4.85. The second-order valence-electron chi connectivity index (χ2n) is 8.89. The van der Waals surface area contributed by atoms with E-state index in [1.165, 1.54) is 28.8 Å². The van der Waals surface area contributed by atoms with E-state index < -0.39 is 0 Å². The molecule has 2 aromatic rings. The number of nitrogens with zero attached hydrogens (tertiary/aromatic N) is 3. The standard InChI is InChI=1S/C26H33N3/c1-20-17-23(19-21-11-6-4-7-12-21)25-24(18-20)26(22-13-8-5-9-14-22)29(27-25)16-10-15-28(2)3/h4-9,11-14,19-20,24,26H,10,15-18H2,1-3H3/b23-19-. The molecule has 0 amide bonds. The van der Waals surface area contributed by atoms with E-state index in [1.807, 2.05) is 0 Å². The van der Waals surface area contributed by atoms with Gasteiger partial charge in [-0.1, -0.05) is 67.6 Å². The van der Waals surface area contributed by atoms with Crippen molar-refractivity contribution < 1.29 is 0 Å². The van der Waals surface area contributed by atoms with Gasteiger partial charge in [-0.05, 0) is 68.6 Å². The maximum absolute atomic E-state index is 5.24. The summed E-state index contributed by atoms with van der Waals surface area (Å²) in [6.45, 7) is 4.49. The normalized spacial score (nSPS) is 25.4. The van der Waals surface area contributed by atoms with Crippen LogP contribution in [0.4, 0.5) is 0 Å². The maximum Gasteiger partial charge on any atom is 0.0804 e. The van der Waals surface area contributed by atoms with Gasteiger partial charge in [-0.3, -0.25) is 5.01 Å². The Kier molecular flexibility index (Phi) is 6.15. The van der Waals surface area contributed by atoms with E-state index >= 15 is 0 Å². The van der Waals surface area contributed by atoms with Gasteiger partial charge < -0.3 is 4.90 Å². The number of hydrazone groups is 1. The summed E-state index contributed by atoms with van der Waals surface area (Å²) in [5, 5.41) is 7.62. The lowest BCUT2D eigenvalue weighted by molar-refractivity contribution is 0.181. The minimum atomic E-state index is 0.357. The average Bonchev–Trinajstić information content (AvgIpc) is 3.07. The van der Waals surface area contributed by atoms with Crippen LogP contribution >= 0.6 is 0 Å². The van der Waals surface area contributed by atoms with Gasteiger partial charge in [0.1, 0.15) is 0 Å². The molecule has 3 atom stereocenters. The zero-order valence-corrected chi connectivity index (χ0v) is 18.0. The lowest BCUT2D eigenvalue weighted by Crippen LogP contribution is -2.31. The fraction of sp³-hybridized carbons (Fsp3) is 0.423. The van der Waals surface area contributed by atoms with Crippen LogP contribution in [0.2, 0.25) is 0 Å². The first kappa shape index (κ1) is 19.9. The third-order valence-electron chi connectivity index (χ3n) is 6.12. The predicted octanol–water partition coefficient (Wildman–Crippen LogP) is 5.48. The monoisotopic (exact) mass is 387 g/mol. The van der Waals surface area contributed by atoms with E-state index in [0.29, 0.717) is 17.9 Å². The molecule has 0 saturated heterocycles. The topological polar surface area (TPSA) is 18.8 Å². The van der Waals surface area contributed by atoms with E-state index in [1.54, 1.807) is 0 Å². The number of hydrogen-bond acceptors (Lipinski definition) is 3. The molecule has 0 radical (unpaired) electrons. The third-order valence-corrected chi connectivity index (χ3v) is 6.12. The molecule has 3 nitrogen and oxygen atoms in total. The molecule has 0 spiro atoms. The highest BCUT2D eigenvalue weighted by Gasteiger charge is 2.42. The van der Waals surface area contributed by atoms with Crippen molar-refractivity contribution in [1.82, 2.24) is 9.91 Å². The Balaban J connectivity index is 1.67. The molecule has 1 aliphatic carbocycles. The number of hydrogen-bond donors (Lipinski definition) is 0. The van der Waals surface area contributed by atoms with Crippen LogP contribution < -0.4 is 0 Å². The summed E-state index contributed by atoms with van der Waals surface area (Å²) in [4.78, 5) is 2.26. The highest BCUT2D eigenvalue weighted by Crippen LogP contribution is 2.45. The highest BCUT2D eigenvalue weighted by molar-refractivity contribution is 6.07. The molecule has 3 unspecified atom stereocenters. The average molecular weight is 388 g/mol. The Morgan fingerprint density at radius 3 is 2.41 bits per heavy atom. The van der Waals surface area contributed by atoms with Gasteiger partial charge in [-0.25, -0.2) is 0 Å². The van der Waals surface area contributed by atoms with Gasteiger partial charge in [0, 0.05) is 12.5 Å². The number of allylic oxidation sites excluding steroid dienone is 1. The Bertz CT molecular complexity index is 854. The Morgan fingerprint density at radius 1 is 1.03 bits per heavy atom. The minimum absolute atomic E-state index is 0.357. The van der Waals surface area contributed by atoms with E-state index in [9.17, 15) is 0 Å². The lowest BCUT2D eigenvalue weighted by atomic mass is 9.73. The van der Waals surface area contributed by atoms with Crippen molar-refractivity contribution in [2.24, 2.45) is 16.9 Å². The van der Waals surface area contributed by atoms with E-state index in [0.717, 1.165) is 25.9 Å². The zero-order valence-electron chi connectivity index (χ0n) is 18.0. The Labute approximate surface area is 175 Å². The zero-order chi connectivity index (χ0) is 20.2. The molecule has 2 aliphatic rings. The lowest BCUT2D eigenvalue weighted by Gasteiger charge is -2.33. The van der Waals surface area contributed by atoms with Crippen molar-refractivity contribution in [2.75, 3.05) is 27.2 Å². The van der Waals surface area contributed by atoms with E-state index in [4.69, 9.17) is 5.10 Å². The molecule has 0 bridgehead atoms. The molecular weight excluding hydrogens is 354 g/mol. The molecule has 1 heterocycles. The van der Waals surface area contributed by atoms with Crippen LogP contribution in [0.5, 0.6) is 0 Å². The quantitative estimate of drug-likeness (QED) is 0.653. The first-order chi connectivity index (χ1) is 14.1. The fourth-order valence-corrected chi connectivity index (χ4v) is 4.85. The summed E-state index contributed by atoms with van der Waals surface area (Å²) in [6, 6.07) is 22.1. The second-order valence-corrected chi connectivity index (χ2v) is 8.89. The van der Waals surface area contributed by atoms with Crippen LogP contribution in [0.25, 0.3) is 6.08 Å². The summed E-state index contributed by atoms with van der Waals surface area (Å²) in [5.41, 5.74) is 5.43. The van der Waals surface area contributed by atoms with Crippen molar-refractivity contribution in [3.8, 4) is 0 Å². The van der Waals surface area contributed by atoms with Crippen molar-refractivity contribution >= 4 is 11.8 Å². The molecule has 0 N–H and O–H groups in total. The molecule has 152 valence electrons. The Morgan fingerprint density at radius 2 is 1.72 bits per heavy atom. The predicted molar refractivity (Wildman–Crippen MR) is 123 cm³/mol. The van der Waals surface area contributed by atoms with Gasteiger partial charge in [-0.2, -0.15) is 5.10 Å². The number of benzene rings is 2. The van der Waals surface area contributed by atoms with Gasteiger partial charge in [-0.15, -0.1) is 0 Å². The van der Waals surface area contributed by atoms with Gasteiger partial charge in [0.2, 0.25) is 0 Å². The van der Waals surface area contributed by atoms with Crippen molar-refractivity contribution in [3.05, 3.63) is 77.4 Å². The van der Waals surface area contributed by atoms with E-state index in [-0.39, 0.29) is 0 Å².